The molecule has 2 heterocycles. The number of ether oxygens (including phenoxy) is 1. The number of nitrogens with zero attached hydrogens (tertiary/aromatic N) is 2. The van der Waals surface area contributed by atoms with E-state index in [2.05, 4.69) is 20.4 Å². The molecule has 9 heteroatoms. The molecule has 0 aliphatic carbocycles. The van der Waals surface area contributed by atoms with Crippen molar-refractivity contribution < 1.29 is 14.3 Å². The lowest BCUT2D eigenvalue weighted by Crippen LogP contribution is -2.51. The van der Waals surface area contributed by atoms with Crippen molar-refractivity contribution in [2.75, 3.05) is 44.2 Å². The van der Waals surface area contributed by atoms with Crippen molar-refractivity contribution >= 4 is 40.9 Å². The number of amides is 2. The van der Waals surface area contributed by atoms with E-state index in [0.29, 0.717) is 33.4 Å². The first-order chi connectivity index (χ1) is 16.0. The molecule has 0 bridgehead atoms. The number of carbonyl (C=O) groups is 2. The summed E-state index contributed by atoms with van der Waals surface area (Å²) >= 11 is 12.5. The third-order valence-corrected chi connectivity index (χ3v) is 6.37. The highest BCUT2D eigenvalue weighted by atomic mass is 35.5. The van der Waals surface area contributed by atoms with Gasteiger partial charge in [-0.15, -0.1) is 0 Å². The van der Waals surface area contributed by atoms with Crippen molar-refractivity contribution in [3.05, 3.63) is 75.4 Å². The zero-order valence-electron chi connectivity index (χ0n) is 18.3. The van der Waals surface area contributed by atoms with Crippen molar-refractivity contribution in [2.45, 2.75) is 13.0 Å². The fourth-order valence-corrected chi connectivity index (χ4v) is 4.62. The SMILES string of the molecule is CCOC(=O)C1=C(CN2CCN(c3cccc(Cl)c3)CC2)NC(=O)N[C@H]1c1ccccc1Cl. The molecule has 0 saturated carbocycles. The van der Waals surface area contributed by atoms with Gasteiger partial charge in [-0.1, -0.05) is 47.5 Å². The number of anilines is 1. The van der Waals surface area contributed by atoms with Gasteiger partial charge in [-0.2, -0.15) is 0 Å². The lowest BCUT2D eigenvalue weighted by Gasteiger charge is -2.38. The molecule has 2 aromatic carbocycles. The largest absolute Gasteiger partial charge is 0.463 e. The van der Waals surface area contributed by atoms with Crippen LogP contribution < -0.4 is 15.5 Å². The van der Waals surface area contributed by atoms with Gasteiger partial charge in [0, 0.05) is 54.2 Å². The Labute approximate surface area is 203 Å². The van der Waals surface area contributed by atoms with Crippen molar-refractivity contribution in [3.63, 3.8) is 0 Å². The predicted octanol–water partition coefficient (Wildman–Crippen LogP) is 3.99. The van der Waals surface area contributed by atoms with Crippen LogP contribution in [0.25, 0.3) is 0 Å². The Morgan fingerprint density at radius 1 is 1.09 bits per heavy atom. The quantitative estimate of drug-likeness (QED) is 0.601. The Balaban J connectivity index is 1.57. The van der Waals surface area contributed by atoms with Gasteiger partial charge in [-0.3, -0.25) is 4.90 Å². The van der Waals surface area contributed by atoms with Crippen LogP contribution in [0.1, 0.15) is 18.5 Å². The number of halogens is 2. The van der Waals surface area contributed by atoms with Crippen molar-refractivity contribution in [3.8, 4) is 0 Å². The summed E-state index contributed by atoms with van der Waals surface area (Å²) in [7, 11) is 0. The maximum atomic E-state index is 13.0. The second-order valence-corrected chi connectivity index (χ2v) is 8.75. The molecule has 7 nitrogen and oxygen atoms in total. The highest BCUT2D eigenvalue weighted by molar-refractivity contribution is 6.31. The Morgan fingerprint density at radius 3 is 2.55 bits per heavy atom. The Bertz CT molecular complexity index is 1070. The first kappa shape index (κ1) is 23.4. The topological polar surface area (TPSA) is 73.9 Å². The number of rotatable bonds is 6. The summed E-state index contributed by atoms with van der Waals surface area (Å²) in [5, 5.41) is 6.85. The molecule has 2 N–H and O–H groups in total. The maximum Gasteiger partial charge on any atom is 0.338 e. The lowest BCUT2D eigenvalue weighted by atomic mass is 9.94. The normalized spacial score (nSPS) is 19.2. The third kappa shape index (κ3) is 5.43. The smallest absolute Gasteiger partial charge is 0.338 e. The molecule has 0 spiro atoms. The number of carbonyl (C=O) groups excluding carboxylic acids is 2. The molecule has 0 radical (unpaired) electrons. The Hall–Kier alpha value is -2.74. The molecule has 2 aromatic rings. The molecule has 2 aliphatic rings. The summed E-state index contributed by atoms with van der Waals surface area (Å²) in [6, 6.07) is 13.9. The van der Waals surface area contributed by atoms with Gasteiger partial charge >= 0.3 is 12.0 Å². The minimum absolute atomic E-state index is 0.233. The monoisotopic (exact) mass is 488 g/mol. The van der Waals surface area contributed by atoms with Gasteiger partial charge in [0.15, 0.2) is 0 Å². The van der Waals surface area contributed by atoms with Gasteiger partial charge < -0.3 is 20.3 Å². The van der Waals surface area contributed by atoms with Crippen LogP contribution in [0.5, 0.6) is 0 Å². The van der Waals surface area contributed by atoms with E-state index < -0.39 is 12.0 Å². The summed E-state index contributed by atoms with van der Waals surface area (Å²) in [4.78, 5) is 30.0. The van der Waals surface area contributed by atoms with Crippen molar-refractivity contribution in [1.82, 2.24) is 15.5 Å². The summed E-state index contributed by atoms with van der Waals surface area (Å²) in [5.74, 6) is -0.470. The highest BCUT2D eigenvalue weighted by Crippen LogP contribution is 2.32. The number of benzene rings is 2. The first-order valence-electron chi connectivity index (χ1n) is 10.9. The second kappa shape index (κ2) is 10.5. The number of hydrogen-bond donors (Lipinski definition) is 2. The molecule has 1 fully saturated rings. The third-order valence-electron chi connectivity index (χ3n) is 5.79. The number of piperazine rings is 1. The molecule has 0 aromatic heterocycles. The highest BCUT2D eigenvalue weighted by Gasteiger charge is 2.35. The molecule has 0 unspecified atom stereocenters. The fraction of sp³-hybridized carbons (Fsp3) is 0.333. The first-order valence-corrected chi connectivity index (χ1v) is 11.7. The summed E-state index contributed by atoms with van der Waals surface area (Å²) in [5.41, 5.74) is 2.66. The molecular weight excluding hydrogens is 463 g/mol. The summed E-state index contributed by atoms with van der Waals surface area (Å²) in [6.45, 7) is 5.57. The van der Waals surface area contributed by atoms with E-state index in [1.165, 1.54) is 0 Å². The number of hydrogen-bond acceptors (Lipinski definition) is 5. The van der Waals surface area contributed by atoms with E-state index in [1.807, 2.05) is 36.4 Å². The van der Waals surface area contributed by atoms with Crippen LogP contribution in [0.15, 0.2) is 59.8 Å². The van der Waals surface area contributed by atoms with Gasteiger partial charge in [-0.25, -0.2) is 9.59 Å². The van der Waals surface area contributed by atoms with Crippen LogP contribution in [0.4, 0.5) is 10.5 Å². The summed E-state index contributed by atoms with van der Waals surface area (Å²) in [6.07, 6.45) is 0. The lowest BCUT2D eigenvalue weighted by molar-refractivity contribution is -0.139. The van der Waals surface area contributed by atoms with E-state index in [0.717, 1.165) is 31.9 Å². The Morgan fingerprint density at radius 2 is 1.85 bits per heavy atom. The molecule has 2 amide bonds. The van der Waals surface area contributed by atoms with Gasteiger partial charge in [-0.05, 0) is 36.8 Å². The van der Waals surface area contributed by atoms with E-state index in [1.54, 1.807) is 19.1 Å². The molecule has 33 heavy (non-hydrogen) atoms. The summed E-state index contributed by atoms with van der Waals surface area (Å²) < 4.78 is 5.34. The van der Waals surface area contributed by atoms with Crippen molar-refractivity contribution in [1.29, 1.82) is 0 Å². The van der Waals surface area contributed by atoms with Crippen LogP contribution in [0.2, 0.25) is 10.0 Å². The van der Waals surface area contributed by atoms with Crippen LogP contribution in [-0.2, 0) is 9.53 Å². The number of esters is 1. The Kier molecular flexibility index (Phi) is 7.42. The number of nitrogens with one attached hydrogen (secondary N) is 2. The van der Waals surface area contributed by atoms with Crippen LogP contribution in [0, 0.1) is 0 Å². The molecular formula is C24H26Cl2N4O3. The molecule has 1 atom stereocenters. The van der Waals surface area contributed by atoms with Gasteiger partial charge in [0.1, 0.15) is 0 Å². The minimum Gasteiger partial charge on any atom is -0.463 e. The fourth-order valence-electron chi connectivity index (χ4n) is 4.20. The minimum atomic E-state index is -0.686. The molecule has 1 saturated heterocycles. The molecule has 2 aliphatic heterocycles. The average Bonchev–Trinajstić information content (AvgIpc) is 2.79. The van der Waals surface area contributed by atoms with Crippen molar-refractivity contribution in [2.24, 2.45) is 0 Å². The molecule has 4 rings (SSSR count). The van der Waals surface area contributed by atoms with Crippen LogP contribution in [0.3, 0.4) is 0 Å². The zero-order chi connectivity index (χ0) is 23.4. The zero-order valence-corrected chi connectivity index (χ0v) is 19.8. The maximum absolute atomic E-state index is 13.0. The average molecular weight is 489 g/mol. The van der Waals surface area contributed by atoms with E-state index in [4.69, 9.17) is 27.9 Å². The van der Waals surface area contributed by atoms with Gasteiger partial charge in [0.25, 0.3) is 0 Å². The van der Waals surface area contributed by atoms with Crippen LogP contribution in [-0.4, -0.2) is 56.2 Å². The predicted molar refractivity (Wildman–Crippen MR) is 130 cm³/mol. The van der Waals surface area contributed by atoms with Crippen LogP contribution >= 0.6 is 23.2 Å². The molecule has 174 valence electrons. The number of urea groups is 1. The second-order valence-electron chi connectivity index (χ2n) is 7.91. The van der Waals surface area contributed by atoms with E-state index >= 15 is 0 Å². The van der Waals surface area contributed by atoms with E-state index in [9.17, 15) is 9.59 Å². The van der Waals surface area contributed by atoms with E-state index in [-0.39, 0.29) is 12.6 Å². The van der Waals surface area contributed by atoms with Gasteiger partial charge in [0.2, 0.25) is 0 Å². The standard InChI is InChI=1S/C24H26Cl2N4O3/c1-2-33-23(31)21-20(27-24(32)28-22(21)18-8-3-4-9-19(18)26)15-29-10-12-30(13-11-29)17-7-5-6-16(25)14-17/h3-9,14,22H,2,10-13,15H2,1H3,(H2,27,28,32)/t22-/m0/s1. The van der Waals surface area contributed by atoms with Gasteiger partial charge in [0.05, 0.1) is 18.2 Å².